The van der Waals surface area contributed by atoms with Gasteiger partial charge in [0.15, 0.2) is 0 Å². The van der Waals surface area contributed by atoms with E-state index in [2.05, 4.69) is 16.9 Å². The molecule has 0 saturated carbocycles. The van der Waals surface area contributed by atoms with Crippen molar-refractivity contribution >= 4 is 32.9 Å². The first-order valence-corrected chi connectivity index (χ1v) is 10.2. The minimum atomic E-state index is -4.13. The summed E-state index contributed by atoms with van der Waals surface area (Å²) in [6, 6.07) is 5.99. The molecule has 1 unspecified atom stereocenters. The largest absolute Gasteiger partial charge is 0.449 e. The summed E-state index contributed by atoms with van der Waals surface area (Å²) in [7, 11) is -4.13. The number of amides is 2. The number of hydrogen-bond acceptors (Lipinski definition) is 6. The maximum absolute atomic E-state index is 12.7. The van der Waals surface area contributed by atoms with Crippen molar-refractivity contribution in [3.63, 3.8) is 0 Å². The number of nitrogens with one attached hydrogen (secondary N) is 2. The van der Waals surface area contributed by atoms with Crippen LogP contribution in [0.25, 0.3) is 10.9 Å². The van der Waals surface area contributed by atoms with Gasteiger partial charge in [0.05, 0.1) is 12.9 Å². The number of hydrogen-bond donors (Lipinski definition) is 2. The molecule has 2 rings (SSSR count). The quantitative estimate of drug-likeness (QED) is 0.297. The highest BCUT2D eigenvalue weighted by Gasteiger charge is 2.32. The third-order valence-electron chi connectivity index (χ3n) is 3.87. The lowest BCUT2D eigenvalue weighted by atomic mass is 10.0. The highest BCUT2D eigenvalue weighted by atomic mass is 32.2. The number of ether oxygens (including phenoxy) is 1. The molecule has 2 amide bonds. The Hall–Kier alpha value is -3.32. The Morgan fingerprint density at radius 1 is 1.43 bits per heavy atom. The number of nitriles is 1. The molecule has 1 atom stereocenters. The van der Waals surface area contributed by atoms with Gasteiger partial charge >= 0.3 is 6.09 Å². The van der Waals surface area contributed by atoms with E-state index in [4.69, 9.17) is 10.00 Å². The molecule has 0 saturated heterocycles. The van der Waals surface area contributed by atoms with Crippen molar-refractivity contribution < 1.29 is 22.7 Å². The Bertz CT molecular complexity index is 1020. The predicted molar refractivity (Wildman–Crippen MR) is 102 cm³/mol. The van der Waals surface area contributed by atoms with Crippen LogP contribution in [0.5, 0.6) is 0 Å². The van der Waals surface area contributed by atoms with E-state index >= 15 is 0 Å². The van der Waals surface area contributed by atoms with Crippen LogP contribution in [0.15, 0.2) is 43.1 Å². The molecule has 2 aromatic rings. The van der Waals surface area contributed by atoms with Crippen LogP contribution in [0.1, 0.15) is 12.0 Å². The van der Waals surface area contributed by atoms with E-state index in [9.17, 15) is 18.0 Å². The van der Waals surface area contributed by atoms with Crippen LogP contribution < -0.4 is 5.32 Å². The Morgan fingerprint density at radius 2 is 2.14 bits per heavy atom. The molecule has 1 heterocycles. The summed E-state index contributed by atoms with van der Waals surface area (Å²) < 4.78 is 28.5. The predicted octanol–water partition coefficient (Wildman–Crippen LogP) is 1.65. The number of carbonyl (C=O) groups excluding carboxylic acids is 2. The van der Waals surface area contributed by atoms with Gasteiger partial charge < -0.3 is 15.0 Å². The smallest absolute Gasteiger partial charge is 0.407 e. The number of carbonyl (C=O) groups is 2. The van der Waals surface area contributed by atoms with Gasteiger partial charge in [0.1, 0.15) is 6.04 Å². The molecule has 0 radical (unpaired) electrons. The van der Waals surface area contributed by atoms with E-state index in [1.54, 1.807) is 12.3 Å². The maximum Gasteiger partial charge on any atom is 0.407 e. The number of fused-ring (bicyclic) bond motifs is 1. The molecule has 0 aliphatic carbocycles. The number of para-hydroxylation sites is 1. The molecule has 0 aliphatic rings. The van der Waals surface area contributed by atoms with E-state index < -0.39 is 28.1 Å². The van der Waals surface area contributed by atoms with Gasteiger partial charge in [0.2, 0.25) is 16.2 Å². The molecule has 0 spiro atoms. The van der Waals surface area contributed by atoms with Crippen molar-refractivity contribution in [1.82, 2.24) is 14.6 Å². The number of sulfonamides is 1. The minimum Gasteiger partial charge on any atom is -0.449 e. The number of nitrogens with zero attached hydrogens (tertiary/aromatic N) is 2. The van der Waals surface area contributed by atoms with E-state index in [0.29, 0.717) is 12.0 Å². The molecular formula is C18H20N4O5S. The van der Waals surface area contributed by atoms with E-state index in [0.717, 1.165) is 17.2 Å². The van der Waals surface area contributed by atoms with Crippen LogP contribution in [-0.4, -0.2) is 48.6 Å². The average molecular weight is 404 g/mol. The first kappa shape index (κ1) is 21.0. The zero-order valence-electron chi connectivity index (χ0n) is 15.2. The first-order valence-electron chi connectivity index (χ1n) is 8.31. The molecule has 148 valence electrons. The fourth-order valence-corrected chi connectivity index (χ4v) is 3.17. The van der Waals surface area contributed by atoms with Crippen molar-refractivity contribution in [2.24, 2.45) is 0 Å². The number of benzene rings is 1. The Kier molecular flexibility index (Phi) is 6.79. The summed E-state index contributed by atoms with van der Waals surface area (Å²) in [4.78, 5) is 27.7. The molecule has 2 N–H and O–H groups in total. The Morgan fingerprint density at radius 3 is 2.79 bits per heavy atom. The topological polar surface area (TPSA) is 132 Å². The second-order valence-electron chi connectivity index (χ2n) is 5.94. The number of aromatic nitrogens is 1. The summed E-state index contributed by atoms with van der Waals surface area (Å²) in [6.07, 6.45) is 4.79. The van der Waals surface area contributed by atoms with Gasteiger partial charge in [-0.1, -0.05) is 24.3 Å². The lowest BCUT2D eigenvalue weighted by molar-refractivity contribution is -0.126. The van der Waals surface area contributed by atoms with Crippen molar-refractivity contribution in [1.29, 1.82) is 5.26 Å². The summed E-state index contributed by atoms with van der Waals surface area (Å²) in [5, 5.41) is 12.3. The minimum absolute atomic E-state index is 0.0346. The van der Waals surface area contributed by atoms with Gasteiger partial charge in [-0.3, -0.25) is 4.79 Å². The molecule has 9 nitrogen and oxygen atoms in total. The summed E-state index contributed by atoms with van der Waals surface area (Å²) in [5.41, 5.74) is 1.49. The van der Waals surface area contributed by atoms with Crippen molar-refractivity contribution in [2.75, 3.05) is 12.9 Å². The van der Waals surface area contributed by atoms with Crippen LogP contribution in [-0.2, 0) is 26.0 Å². The third kappa shape index (κ3) is 5.11. The number of aromatic amines is 1. The van der Waals surface area contributed by atoms with Gasteiger partial charge in [0, 0.05) is 23.5 Å². The molecule has 28 heavy (non-hydrogen) atoms. The van der Waals surface area contributed by atoms with Crippen LogP contribution in [0.4, 0.5) is 4.79 Å². The highest BCUT2D eigenvalue weighted by molar-refractivity contribution is 7.89. The normalized spacial score (nSPS) is 12.0. The van der Waals surface area contributed by atoms with Crippen LogP contribution in [0.3, 0.4) is 0 Å². The second kappa shape index (κ2) is 9.05. The van der Waals surface area contributed by atoms with Crippen molar-refractivity contribution in [3.05, 3.63) is 48.7 Å². The summed E-state index contributed by atoms with van der Waals surface area (Å²) >= 11 is 0. The van der Waals surface area contributed by atoms with E-state index in [1.807, 2.05) is 24.3 Å². The number of rotatable bonds is 8. The standard InChI is InChI=1S/C18H20N4O5S/c1-3-4-9-27-18(24)21-16(17(23)22(12-19)28(2,25)26)10-13-11-20-15-8-6-5-7-14(13)15/h3,5-8,11,16,20H,1,4,9-10H2,2H3,(H,21,24). The SMILES string of the molecule is C=CCCOC(=O)NC(Cc1c[nH]c2ccccc12)C(=O)N(C#N)S(C)(=O)=O. The number of alkyl carbamates (subject to hydrolysis) is 1. The molecular weight excluding hydrogens is 384 g/mol. The lowest BCUT2D eigenvalue weighted by Gasteiger charge is -2.20. The average Bonchev–Trinajstić information content (AvgIpc) is 3.04. The van der Waals surface area contributed by atoms with E-state index in [-0.39, 0.29) is 17.3 Å². The van der Waals surface area contributed by atoms with E-state index in [1.165, 1.54) is 6.19 Å². The lowest BCUT2D eigenvalue weighted by Crippen LogP contribution is -2.49. The molecule has 0 aliphatic heterocycles. The Labute approximate surface area is 162 Å². The molecule has 0 fully saturated rings. The zero-order chi connectivity index (χ0) is 20.7. The summed E-state index contributed by atoms with van der Waals surface area (Å²) in [6.45, 7) is 3.56. The van der Waals surface area contributed by atoms with Crippen LogP contribution >= 0.6 is 0 Å². The zero-order valence-corrected chi connectivity index (χ0v) is 16.0. The van der Waals surface area contributed by atoms with Gasteiger partial charge in [-0.15, -0.1) is 10.9 Å². The van der Waals surface area contributed by atoms with Gasteiger partial charge in [-0.25, -0.2) is 13.2 Å². The fraction of sp³-hybridized carbons (Fsp3) is 0.278. The Balaban J connectivity index is 2.30. The summed E-state index contributed by atoms with van der Waals surface area (Å²) in [5.74, 6) is -1.07. The first-order chi connectivity index (χ1) is 13.3. The van der Waals surface area contributed by atoms with Crippen LogP contribution in [0, 0.1) is 11.5 Å². The molecule has 1 aromatic carbocycles. The monoisotopic (exact) mass is 404 g/mol. The molecule has 0 bridgehead atoms. The fourth-order valence-electron chi connectivity index (χ4n) is 2.57. The van der Waals surface area contributed by atoms with Crippen molar-refractivity contribution in [3.8, 4) is 6.19 Å². The number of H-pyrrole nitrogens is 1. The van der Waals surface area contributed by atoms with Gasteiger partial charge in [-0.05, 0) is 18.1 Å². The molecule has 10 heteroatoms. The molecule has 1 aromatic heterocycles. The third-order valence-corrected chi connectivity index (χ3v) is 4.79. The van der Waals surface area contributed by atoms with Gasteiger partial charge in [0.25, 0.3) is 5.91 Å². The second-order valence-corrected chi connectivity index (χ2v) is 7.77. The highest BCUT2D eigenvalue weighted by Crippen LogP contribution is 2.20. The van der Waals surface area contributed by atoms with Gasteiger partial charge in [-0.2, -0.15) is 5.26 Å². The maximum atomic E-state index is 12.7. The van der Waals surface area contributed by atoms with Crippen molar-refractivity contribution in [2.45, 2.75) is 18.9 Å². The van der Waals surface area contributed by atoms with Crippen LogP contribution in [0.2, 0.25) is 0 Å².